The van der Waals surface area contributed by atoms with Gasteiger partial charge in [-0.25, -0.2) is 13.2 Å². The number of carbonyl (C=O) groups is 2. The maximum absolute atomic E-state index is 13.0. The molecule has 1 aliphatic rings. The van der Waals surface area contributed by atoms with Gasteiger partial charge in [-0.2, -0.15) is 4.31 Å². The molecule has 1 saturated heterocycles. The van der Waals surface area contributed by atoms with Gasteiger partial charge in [0.15, 0.2) is 0 Å². The Balaban J connectivity index is 1.46. The van der Waals surface area contributed by atoms with Crippen LogP contribution in [0.5, 0.6) is 0 Å². The predicted octanol–water partition coefficient (Wildman–Crippen LogP) is 1.91. The van der Waals surface area contributed by atoms with Gasteiger partial charge in [-0.05, 0) is 35.2 Å². The lowest BCUT2D eigenvalue weighted by Crippen LogP contribution is -2.52. The van der Waals surface area contributed by atoms with Crippen molar-refractivity contribution < 1.29 is 22.4 Å². The first kappa shape index (κ1) is 24.0. The van der Waals surface area contributed by atoms with Crippen molar-refractivity contribution in [2.24, 2.45) is 0 Å². The molecule has 9 nitrogen and oxygen atoms in total. The molecular formula is C22H30N4O5S. The molecule has 0 saturated carbocycles. The SMILES string of the molecule is CC(C)(C)c1ccc(S(=O)(=O)N2CCN(CC(=O)NC(=O)NCc3ccco3)CC2)cc1. The van der Waals surface area contributed by atoms with Crippen LogP contribution in [0.4, 0.5) is 4.79 Å². The first-order valence-corrected chi connectivity index (χ1v) is 11.9. The average molecular weight is 463 g/mol. The zero-order valence-electron chi connectivity index (χ0n) is 18.6. The Labute approximate surface area is 188 Å². The number of benzene rings is 1. The standard InChI is InChI=1S/C22H30N4O5S/c1-22(2,3)17-6-8-19(9-7-17)32(29,30)26-12-10-25(11-13-26)16-20(27)24-21(28)23-15-18-5-4-14-31-18/h4-9,14H,10-13,15-16H2,1-3H3,(H2,23,24,27,28). The third kappa shape index (κ3) is 6.18. The molecule has 0 atom stereocenters. The van der Waals surface area contributed by atoms with Crippen molar-refractivity contribution in [3.05, 3.63) is 54.0 Å². The Bertz CT molecular complexity index is 1020. The molecule has 3 rings (SSSR count). The number of furan rings is 1. The minimum atomic E-state index is -3.59. The van der Waals surface area contributed by atoms with E-state index in [2.05, 4.69) is 31.4 Å². The molecule has 2 heterocycles. The molecule has 0 spiro atoms. The van der Waals surface area contributed by atoms with Gasteiger partial charge in [0.1, 0.15) is 5.76 Å². The van der Waals surface area contributed by atoms with Gasteiger partial charge in [-0.1, -0.05) is 32.9 Å². The molecule has 3 amide bonds. The molecule has 2 aromatic rings. The summed E-state index contributed by atoms with van der Waals surface area (Å²) in [5, 5.41) is 4.81. The van der Waals surface area contributed by atoms with Gasteiger partial charge in [0.2, 0.25) is 15.9 Å². The van der Waals surface area contributed by atoms with E-state index < -0.39 is 22.0 Å². The Kier molecular flexibility index (Phi) is 7.37. The van der Waals surface area contributed by atoms with Crippen molar-refractivity contribution >= 4 is 22.0 Å². The van der Waals surface area contributed by atoms with E-state index in [1.54, 1.807) is 24.3 Å². The second kappa shape index (κ2) is 9.85. The summed E-state index contributed by atoms with van der Waals surface area (Å²) in [6, 6.07) is 9.82. The zero-order chi connectivity index (χ0) is 23.4. The third-order valence-electron chi connectivity index (χ3n) is 5.31. The summed E-state index contributed by atoms with van der Waals surface area (Å²) >= 11 is 0. The van der Waals surface area contributed by atoms with Crippen LogP contribution >= 0.6 is 0 Å². The molecule has 174 valence electrons. The zero-order valence-corrected chi connectivity index (χ0v) is 19.4. The van der Waals surface area contributed by atoms with Crippen molar-refractivity contribution in [1.29, 1.82) is 0 Å². The van der Waals surface area contributed by atoms with E-state index in [-0.39, 0.29) is 36.5 Å². The molecular weight excluding hydrogens is 432 g/mol. The maximum atomic E-state index is 13.0. The Morgan fingerprint density at radius 3 is 2.25 bits per heavy atom. The fourth-order valence-corrected chi connectivity index (χ4v) is 4.82. The van der Waals surface area contributed by atoms with E-state index in [4.69, 9.17) is 4.42 Å². The van der Waals surface area contributed by atoms with Crippen LogP contribution in [0.15, 0.2) is 52.0 Å². The molecule has 32 heavy (non-hydrogen) atoms. The fourth-order valence-electron chi connectivity index (χ4n) is 3.40. The molecule has 10 heteroatoms. The van der Waals surface area contributed by atoms with E-state index in [1.165, 1.54) is 10.6 Å². The summed E-state index contributed by atoms with van der Waals surface area (Å²) in [6.45, 7) is 7.80. The van der Waals surface area contributed by atoms with E-state index >= 15 is 0 Å². The lowest BCUT2D eigenvalue weighted by molar-refractivity contribution is -0.121. The van der Waals surface area contributed by atoms with Crippen LogP contribution in [0.3, 0.4) is 0 Å². The minimum absolute atomic E-state index is 0.0162. The Hall–Kier alpha value is -2.69. The lowest BCUT2D eigenvalue weighted by atomic mass is 9.87. The molecule has 2 N–H and O–H groups in total. The number of sulfonamides is 1. The monoisotopic (exact) mass is 462 g/mol. The van der Waals surface area contributed by atoms with E-state index in [0.717, 1.165) is 5.56 Å². The first-order chi connectivity index (χ1) is 15.1. The van der Waals surface area contributed by atoms with Crippen molar-refractivity contribution in [2.75, 3.05) is 32.7 Å². The largest absolute Gasteiger partial charge is 0.467 e. The van der Waals surface area contributed by atoms with E-state index in [1.807, 2.05) is 17.0 Å². The second-order valence-corrected chi connectivity index (χ2v) is 10.7. The quantitative estimate of drug-likeness (QED) is 0.678. The second-order valence-electron chi connectivity index (χ2n) is 8.76. The number of urea groups is 1. The molecule has 1 fully saturated rings. The van der Waals surface area contributed by atoms with Gasteiger partial charge in [0.25, 0.3) is 0 Å². The van der Waals surface area contributed by atoms with Gasteiger partial charge < -0.3 is 9.73 Å². The highest BCUT2D eigenvalue weighted by molar-refractivity contribution is 7.89. The van der Waals surface area contributed by atoms with Gasteiger partial charge in [0, 0.05) is 26.2 Å². The number of rotatable bonds is 6. The first-order valence-electron chi connectivity index (χ1n) is 10.5. The minimum Gasteiger partial charge on any atom is -0.467 e. The summed E-state index contributed by atoms with van der Waals surface area (Å²) in [5.74, 6) is 0.133. The van der Waals surface area contributed by atoms with Gasteiger partial charge in [0.05, 0.1) is 24.2 Å². The molecule has 0 aliphatic carbocycles. The Morgan fingerprint density at radius 2 is 1.69 bits per heavy atom. The number of nitrogens with one attached hydrogen (secondary N) is 2. The normalized spacial score (nSPS) is 16.0. The fraction of sp³-hybridized carbons (Fsp3) is 0.455. The third-order valence-corrected chi connectivity index (χ3v) is 7.23. The van der Waals surface area contributed by atoms with Crippen molar-refractivity contribution in [1.82, 2.24) is 19.8 Å². The van der Waals surface area contributed by atoms with Crippen LogP contribution in [0, 0.1) is 0 Å². The highest BCUT2D eigenvalue weighted by atomic mass is 32.2. The van der Waals surface area contributed by atoms with E-state index in [0.29, 0.717) is 18.8 Å². The van der Waals surface area contributed by atoms with Gasteiger partial charge in [-0.3, -0.25) is 15.0 Å². The topological polar surface area (TPSA) is 112 Å². The highest BCUT2D eigenvalue weighted by Gasteiger charge is 2.29. The number of piperazine rings is 1. The molecule has 1 aromatic heterocycles. The van der Waals surface area contributed by atoms with Gasteiger partial charge >= 0.3 is 6.03 Å². The van der Waals surface area contributed by atoms with E-state index in [9.17, 15) is 18.0 Å². The Morgan fingerprint density at radius 1 is 1.03 bits per heavy atom. The van der Waals surface area contributed by atoms with Crippen LogP contribution in [0.25, 0.3) is 0 Å². The van der Waals surface area contributed by atoms with Crippen LogP contribution in [-0.4, -0.2) is 62.3 Å². The summed E-state index contributed by atoms with van der Waals surface area (Å²) in [6.07, 6.45) is 1.50. The number of nitrogens with zero attached hydrogens (tertiary/aromatic N) is 2. The summed E-state index contributed by atoms with van der Waals surface area (Å²) in [5.41, 5.74) is 1.02. The summed E-state index contributed by atoms with van der Waals surface area (Å²) in [7, 11) is -3.59. The van der Waals surface area contributed by atoms with Crippen LogP contribution in [0.1, 0.15) is 32.1 Å². The van der Waals surface area contributed by atoms with Crippen LogP contribution in [0.2, 0.25) is 0 Å². The highest BCUT2D eigenvalue weighted by Crippen LogP contribution is 2.25. The predicted molar refractivity (Wildman–Crippen MR) is 119 cm³/mol. The number of hydrogen-bond acceptors (Lipinski definition) is 6. The molecule has 1 aliphatic heterocycles. The molecule has 0 radical (unpaired) electrons. The van der Waals surface area contributed by atoms with Crippen molar-refractivity contribution in [3.63, 3.8) is 0 Å². The average Bonchev–Trinajstić information content (AvgIpc) is 3.26. The summed E-state index contributed by atoms with van der Waals surface area (Å²) in [4.78, 5) is 26.0. The van der Waals surface area contributed by atoms with Crippen LogP contribution in [-0.2, 0) is 26.8 Å². The number of amides is 3. The molecule has 0 unspecified atom stereocenters. The van der Waals surface area contributed by atoms with Crippen LogP contribution < -0.4 is 10.6 Å². The lowest BCUT2D eigenvalue weighted by Gasteiger charge is -2.33. The van der Waals surface area contributed by atoms with Gasteiger partial charge in [-0.15, -0.1) is 0 Å². The molecule has 1 aromatic carbocycles. The molecule has 0 bridgehead atoms. The number of hydrogen-bond donors (Lipinski definition) is 2. The van der Waals surface area contributed by atoms with Crippen molar-refractivity contribution in [2.45, 2.75) is 37.6 Å². The summed E-state index contributed by atoms with van der Waals surface area (Å²) < 4.78 is 32.5. The smallest absolute Gasteiger partial charge is 0.321 e. The van der Waals surface area contributed by atoms with Crippen molar-refractivity contribution in [3.8, 4) is 0 Å². The number of imide groups is 1. The number of carbonyl (C=O) groups excluding carboxylic acids is 2. The maximum Gasteiger partial charge on any atom is 0.321 e.